The molecule has 1 N–H and O–H groups in total. The molecule has 1 fully saturated rings. The number of nitrogens with zero attached hydrogens (tertiary/aromatic N) is 3. The number of hydrogen-bond acceptors (Lipinski definition) is 5. The van der Waals surface area contributed by atoms with Crippen molar-refractivity contribution in [2.75, 3.05) is 13.2 Å². The molecule has 0 spiro atoms. The number of aromatic nitrogens is 3. The summed E-state index contributed by atoms with van der Waals surface area (Å²) in [6.07, 6.45) is 4.15. The average molecular weight is 366 g/mol. The van der Waals surface area contributed by atoms with Gasteiger partial charge in [0.15, 0.2) is 0 Å². The zero-order valence-electron chi connectivity index (χ0n) is 15.0. The van der Waals surface area contributed by atoms with Crippen LogP contribution in [0.1, 0.15) is 12.1 Å². The van der Waals surface area contributed by atoms with E-state index in [4.69, 9.17) is 9.47 Å². The van der Waals surface area contributed by atoms with E-state index in [-0.39, 0.29) is 24.6 Å². The zero-order chi connectivity index (χ0) is 18.5. The molecule has 1 aromatic carbocycles. The topological polar surface area (TPSA) is 78.3 Å². The van der Waals surface area contributed by atoms with Crippen molar-refractivity contribution in [3.05, 3.63) is 60.6 Å². The van der Waals surface area contributed by atoms with Gasteiger partial charge in [-0.1, -0.05) is 24.3 Å². The van der Waals surface area contributed by atoms with Gasteiger partial charge in [-0.3, -0.25) is 14.5 Å². The maximum Gasteiger partial charge on any atom is 0.242 e. The second kappa shape index (κ2) is 8.28. The summed E-state index contributed by atoms with van der Waals surface area (Å²) in [5.41, 5.74) is 1.74. The Balaban J connectivity index is 1.34. The lowest BCUT2D eigenvalue weighted by Crippen LogP contribution is -2.50. The third-order valence-electron chi connectivity index (χ3n) is 4.59. The van der Waals surface area contributed by atoms with Crippen molar-refractivity contribution in [3.63, 3.8) is 0 Å². The lowest BCUT2D eigenvalue weighted by Gasteiger charge is -2.32. The fraction of sp³-hybridized carbons (Fsp3) is 0.350. The van der Waals surface area contributed by atoms with Crippen LogP contribution in [0.2, 0.25) is 0 Å². The number of fused-ring (bicyclic) bond motifs is 1. The van der Waals surface area contributed by atoms with Crippen molar-refractivity contribution >= 4 is 16.8 Å². The molecule has 0 saturated carbocycles. The number of hydrogen-bond donors (Lipinski definition) is 1. The third kappa shape index (κ3) is 4.50. The van der Waals surface area contributed by atoms with Gasteiger partial charge in [-0.05, 0) is 24.6 Å². The lowest BCUT2D eigenvalue weighted by atomic mass is 10.1. The number of rotatable bonds is 6. The predicted molar refractivity (Wildman–Crippen MR) is 99.9 cm³/mol. The minimum Gasteiger partial charge on any atom is -0.379 e. The summed E-state index contributed by atoms with van der Waals surface area (Å²) in [7, 11) is 0. The molecule has 27 heavy (non-hydrogen) atoms. The Morgan fingerprint density at radius 3 is 3.00 bits per heavy atom. The van der Waals surface area contributed by atoms with E-state index in [0.29, 0.717) is 19.8 Å². The van der Waals surface area contributed by atoms with Gasteiger partial charge in [-0.2, -0.15) is 5.10 Å². The van der Waals surface area contributed by atoms with Crippen molar-refractivity contribution in [1.82, 2.24) is 20.1 Å². The molecule has 1 saturated heterocycles. The molecule has 2 atom stereocenters. The smallest absolute Gasteiger partial charge is 0.242 e. The molecule has 2 aromatic heterocycles. The van der Waals surface area contributed by atoms with E-state index >= 15 is 0 Å². The summed E-state index contributed by atoms with van der Waals surface area (Å²) in [5, 5.41) is 8.53. The van der Waals surface area contributed by atoms with Gasteiger partial charge in [0.2, 0.25) is 5.91 Å². The summed E-state index contributed by atoms with van der Waals surface area (Å²) in [4.78, 5) is 16.8. The molecule has 3 aromatic rings. The van der Waals surface area contributed by atoms with Gasteiger partial charge >= 0.3 is 0 Å². The Bertz CT molecular complexity index is 863. The van der Waals surface area contributed by atoms with E-state index in [1.807, 2.05) is 48.7 Å². The molecule has 0 radical (unpaired) electrons. The average Bonchev–Trinajstić information content (AvgIpc) is 3.10. The first kappa shape index (κ1) is 17.6. The van der Waals surface area contributed by atoms with E-state index in [1.165, 1.54) is 0 Å². The summed E-state index contributed by atoms with van der Waals surface area (Å²) >= 11 is 0. The third-order valence-corrected chi connectivity index (χ3v) is 4.59. The molecule has 0 bridgehead atoms. The van der Waals surface area contributed by atoms with Crippen LogP contribution in [-0.2, 0) is 27.4 Å². The van der Waals surface area contributed by atoms with Crippen molar-refractivity contribution in [3.8, 4) is 0 Å². The maximum absolute atomic E-state index is 12.5. The lowest BCUT2D eigenvalue weighted by molar-refractivity contribution is -0.127. The molecule has 1 amide bonds. The Kier molecular flexibility index (Phi) is 5.41. The highest BCUT2D eigenvalue weighted by Crippen LogP contribution is 2.14. The number of nitrogens with one attached hydrogen (secondary N) is 1. The molecule has 4 rings (SSSR count). The molecule has 0 aliphatic carbocycles. The largest absolute Gasteiger partial charge is 0.379 e. The van der Waals surface area contributed by atoms with Crippen LogP contribution in [0.25, 0.3) is 10.9 Å². The van der Waals surface area contributed by atoms with Crippen LogP contribution in [-0.4, -0.2) is 46.0 Å². The molecule has 1 aliphatic heterocycles. The molecule has 7 heteroatoms. The predicted octanol–water partition coefficient (Wildman–Crippen LogP) is 1.92. The van der Waals surface area contributed by atoms with E-state index in [0.717, 1.165) is 23.0 Å². The Hall–Kier alpha value is -2.77. The van der Waals surface area contributed by atoms with Crippen LogP contribution in [0.3, 0.4) is 0 Å². The van der Waals surface area contributed by atoms with Crippen LogP contribution in [0.5, 0.6) is 0 Å². The summed E-state index contributed by atoms with van der Waals surface area (Å²) in [6, 6.07) is 13.4. The highest BCUT2D eigenvalue weighted by Gasteiger charge is 2.28. The summed E-state index contributed by atoms with van der Waals surface area (Å²) in [5.74, 6) is -0.0823. The highest BCUT2D eigenvalue weighted by molar-refractivity contribution is 5.79. The maximum atomic E-state index is 12.5. The first-order chi connectivity index (χ1) is 13.3. The van der Waals surface area contributed by atoms with E-state index < -0.39 is 0 Å². The minimum atomic E-state index is -0.193. The van der Waals surface area contributed by atoms with E-state index in [9.17, 15) is 4.79 Å². The van der Waals surface area contributed by atoms with Crippen LogP contribution in [0, 0.1) is 0 Å². The van der Waals surface area contributed by atoms with Crippen molar-refractivity contribution < 1.29 is 14.3 Å². The zero-order valence-corrected chi connectivity index (χ0v) is 15.0. The van der Waals surface area contributed by atoms with Crippen LogP contribution >= 0.6 is 0 Å². The SMILES string of the molecule is O=C(Cn1cc2ccccc2n1)N[C@@H]1CCOC[C@H]1OCc1ccccn1. The standard InChI is InChI=1S/C20H22N4O3/c25-20(12-24-11-15-5-1-2-7-17(15)23-24)22-18-8-10-26-14-19(18)27-13-16-6-3-4-9-21-16/h1-7,9,11,18-19H,8,10,12-14H2,(H,22,25)/t18-,19-/m1/s1. The number of amides is 1. The minimum absolute atomic E-state index is 0.0823. The van der Waals surface area contributed by atoms with Gasteiger partial charge in [0.1, 0.15) is 12.6 Å². The first-order valence-corrected chi connectivity index (χ1v) is 9.09. The Morgan fingerprint density at radius 2 is 2.15 bits per heavy atom. The number of benzene rings is 1. The molecule has 7 nitrogen and oxygen atoms in total. The Labute approximate surface area is 157 Å². The molecular formula is C20H22N4O3. The molecule has 1 aliphatic rings. The van der Waals surface area contributed by atoms with Crippen molar-refractivity contribution in [2.45, 2.75) is 31.7 Å². The number of carbonyl (C=O) groups excluding carboxylic acids is 1. The van der Waals surface area contributed by atoms with Gasteiger partial charge in [0.05, 0.1) is 30.5 Å². The monoisotopic (exact) mass is 366 g/mol. The van der Waals surface area contributed by atoms with Crippen LogP contribution < -0.4 is 5.32 Å². The van der Waals surface area contributed by atoms with E-state index in [2.05, 4.69) is 15.4 Å². The molecular weight excluding hydrogens is 344 g/mol. The summed E-state index contributed by atoms with van der Waals surface area (Å²) in [6.45, 7) is 1.65. The molecule has 140 valence electrons. The van der Waals surface area contributed by atoms with Crippen LogP contribution in [0.15, 0.2) is 54.9 Å². The van der Waals surface area contributed by atoms with Gasteiger partial charge in [0.25, 0.3) is 0 Å². The summed E-state index contributed by atoms with van der Waals surface area (Å²) < 4.78 is 13.2. The second-order valence-electron chi connectivity index (χ2n) is 6.59. The van der Waals surface area contributed by atoms with Crippen LogP contribution in [0.4, 0.5) is 0 Å². The number of ether oxygens (including phenoxy) is 2. The van der Waals surface area contributed by atoms with Gasteiger partial charge in [-0.15, -0.1) is 0 Å². The normalized spacial score (nSPS) is 19.9. The van der Waals surface area contributed by atoms with Gasteiger partial charge < -0.3 is 14.8 Å². The quantitative estimate of drug-likeness (QED) is 0.721. The molecule has 3 heterocycles. The number of carbonyl (C=O) groups is 1. The Morgan fingerprint density at radius 1 is 1.26 bits per heavy atom. The van der Waals surface area contributed by atoms with Crippen molar-refractivity contribution in [1.29, 1.82) is 0 Å². The second-order valence-corrected chi connectivity index (χ2v) is 6.59. The van der Waals surface area contributed by atoms with Crippen molar-refractivity contribution in [2.24, 2.45) is 0 Å². The van der Waals surface area contributed by atoms with Gasteiger partial charge in [0, 0.05) is 24.4 Å². The molecule has 0 unspecified atom stereocenters. The van der Waals surface area contributed by atoms with Gasteiger partial charge in [-0.25, -0.2) is 0 Å². The fourth-order valence-electron chi connectivity index (χ4n) is 3.21. The van der Waals surface area contributed by atoms with E-state index in [1.54, 1.807) is 10.9 Å². The highest BCUT2D eigenvalue weighted by atomic mass is 16.5. The first-order valence-electron chi connectivity index (χ1n) is 9.09. The fourth-order valence-corrected chi connectivity index (χ4v) is 3.21. The number of pyridine rings is 1.